The highest BCUT2D eigenvalue weighted by Crippen LogP contribution is 2.39. The SMILES string of the molecule is Cc1ncc(-c2c(F)cc(N3CCN[C@@H](C)C3)c(NC(=O)c3c[nH]c(=O)cc3C(F)(F)F)c2F)cn1. The Hall–Kier alpha value is -3.87. The smallest absolute Gasteiger partial charge is 0.367 e. The van der Waals surface area contributed by atoms with Crippen LogP contribution < -0.4 is 21.1 Å². The Balaban J connectivity index is 1.86. The third-order valence-electron chi connectivity index (χ3n) is 5.69. The number of alkyl halides is 3. The molecule has 0 bridgehead atoms. The van der Waals surface area contributed by atoms with Crippen molar-refractivity contribution < 1.29 is 26.7 Å². The number of piperazine rings is 1. The van der Waals surface area contributed by atoms with Crippen LogP contribution >= 0.6 is 0 Å². The molecule has 0 radical (unpaired) electrons. The molecule has 0 aliphatic carbocycles. The number of H-pyrrole nitrogens is 1. The first-order valence-electron chi connectivity index (χ1n) is 10.9. The van der Waals surface area contributed by atoms with Gasteiger partial charge in [-0.3, -0.25) is 9.59 Å². The fraction of sp³-hybridized carbons (Fsp3) is 0.304. The maximum absolute atomic E-state index is 15.9. The highest BCUT2D eigenvalue weighted by molar-refractivity contribution is 6.07. The van der Waals surface area contributed by atoms with Crippen LogP contribution in [0.1, 0.15) is 28.7 Å². The number of carbonyl (C=O) groups is 1. The van der Waals surface area contributed by atoms with Crippen molar-refractivity contribution in [2.75, 3.05) is 29.9 Å². The Kier molecular flexibility index (Phi) is 6.76. The van der Waals surface area contributed by atoms with E-state index in [0.717, 1.165) is 6.07 Å². The molecule has 3 heterocycles. The van der Waals surface area contributed by atoms with Crippen molar-refractivity contribution >= 4 is 17.3 Å². The number of anilines is 2. The summed E-state index contributed by atoms with van der Waals surface area (Å²) in [6, 6.07) is 1.20. The quantitative estimate of drug-likeness (QED) is 0.467. The maximum atomic E-state index is 15.9. The van der Waals surface area contributed by atoms with Crippen LogP contribution in [-0.2, 0) is 6.18 Å². The van der Waals surface area contributed by atoms with Gasteiger partial charge in [0.15, 0.2) is 5.82 Å². The predicted octanol–water partition coefficient (Wildman–Crippen LogP) is 3.49. The first kappa shape index (κ1) is 25.2. The summed E-state index contributed by atoms with van der Waals surface area (Å²) >= 11 is 0. The van der Waals surface area contributed by atoms with Gasteiger partial charge < -0.3 is 20.5 Å². The van der Waals surface area contributed by atoms with Gasteiger partial charge in [-0.15, -0.1) is 0 Å². The average Bonchev–Trinajstić information content (AvgIpc) is 2.81. The van der Waals surface area contributed by atoms with Gasteiger partial charge in [-0.2, -0.15) is 13.2 Å². The van der Waals surface area contributed by atoms with E-state index in [-0.39, 0.29) is 23.4 Å². The van der Waals surface area contributed by atoms with Gasteiger partial charge in [0.05, 0.1) is 22.4 Å². The number of aryl methyl sites for hydroxylation is 1. The van der Waals surface area contributed by atoms with E-state index in [4.69, 9.17) is 0 Å². The third kappa shape index (κ3) is 5.05. The van der Waals surface area contributed by atoms with Gasteiger partial charge >= 0.3 is 6.18 Å². The second-order valence-corrected chi connectivity index (χ2v) is 8.34. The molecule has 3 N–H and O–H groups in total. The molecule has 4 rings (SSSR count). The van der Waals surface area contributed by atoms with Crippen molar-refractivity contribution in [1.29, 1.82) is 0 Å². The Morgan fingerprint density at radius 3 is 2.53 bits per heavy atom. The number of pyridine rings is 1. The molecule has 3 aromatic rings. The zero-order valence-electron chi connectivity index (χ0n) is 19.1. The molecule has 1 saturated heterocycles. The highest BCUT2D eigenvalue weighted by atomic mass is 19.4. The normalized spacial score (nSPS) is 16.2. The summed E-state index contributed by atoms with van der Waals surface area (Å²) in [5.74, 6) is -3.13. The van der Waals surface area contributed by atoms with Gasteiger partial charge in [-0.05, 0) is 13.8 Å². The number of aromatic nitrogens is 3. The van der Waals surface area contributed by atoms with Crippen LogP contribution in [0, 0.1) is 18.6 Å². The summed E-state index contributed by atoms with van der Waals surface area (Å²) in [4.78, 5) is 36.0. The van der Waals surface area contributed by atoms with Crippen molar-refractivity contribution in [3.05, 3.63) is 69.7 Å². The molecule has 1 aromatic carbocycles. The zero-order valence-corrected chi connectivity index (χ0v) is 19.1. The van der Waals surface area contributed by atoms with E-state index >= 15 is 8.78 Å². The van der Waals surface area contributed by atoms with Gasteiger partial charge in [0.25, 0.3) is 5.91 Å². The van der Waals surface area contributed by atoms with Crippen molar-refractivity contribution in [3.63, 3.8) is 0 Å². The summed E-state index contributed by atoms with van der Waals surface area (Å²) < 4.78 is 71.6. The average molecular weight is 508 g/mol. The Morgan fingerprint density at radius 1 is 1.19 bits per heavy atom. The van der Waals surface area contributed by atoms with E-state index in [0.29, 0.717) is 31.7 Å². The molecule has 13 heteroatoms. The van der Waals surface area contributed by atoms with Gasteiger partial charge in [-0.1, -0.05) is 0 Å². The van der Waals surface area contributed by atoms with Crippen LogP contribution in [0.25, 0.3) is 11.1 Å². The predicted molar refractivity (Wildman–Crippen MR) is 122 cm³/mol. The second-order valence-electron chi connectivity index (χ2n) is 8.34. The summed E-state index contributed by atoms with van der Waals surface area (Å²) in [6.45, 7) is 4.56. The van der Waals surface area contributed by atoms with Gasteiger partial charge in [-0.25, -0.2) is 18.7 Å². The third-order valence-corrected chi connectivity index (χ3v) is 5.69. The molecule has 190 valence electrons. The molecule has 1 fully saturated rings. The van der Waals surface area contributed by atoms with Gasteiger partial charge in [0.1, 0.15) is 17.3 Å². The van der Waals surface area contributed by atoms with Crippen molar-refractivity contribution in [1.82, 2.24) is 20.3 Å². The number of hydrogen-bond donors (Lipinski definition) is 3. The molecule has 36 heavy (non-hydrogen) atoms. The van der Waals surface area contributed by atoms with E-state index in [1.54, 1.807) is 11.8 Å². The fourth-order valence-corrected chi connectivity index (χ4v) is 3.99. The van der Waals surface area contributed by atoms with E-state index in [2.05, 4.69) is 20.6 Å². The van der Waals surface area contributed by atoms with E-state index in [1.165, 1.54) is 12.4 Å². The Labute approximate surface area is 201 Å². The largest absolute Gasteiger partial charge is 0.417 e. The monoisotopic (exact) mass is 508 g/mol. The summed E-state index contributed by atoms with van der Waals surface area (Å²) in [5, 5.41) is 5.36. The standard InChI is InChI=1S/C23H21F5N6O2/c1-11-10-34(4-3-29-11)17-6-16(24)19(13-7-30-12(2)31-8-13)20(25)21(17)33-22(36)14-9-32-18(35)5-15(14)23(26,27)28/h5-9,11,29H,3-4,10H2,1-2H3,(H,32,35)(H,33,36)/t11-/m0/s1. The van der Waals surface area contributed by atoms with E-state index in [9.17, 15) is 22.8 Å². The molecular formula is C23H21F5N6O2. The molecule has 0 unspecified atom stereocenters. The van der Waals surface area contributed by atoms with Crippen LogP contribution in [0.2, 0.25) is 0 Å². The topological polar surface area (TPSA) is 103 Å². The molecule has 0 saturated carbocycles. The van der Waals surface area contributed by atoms with Crippen LogP contribution in [0.15, 0.2) is 35.5 Å². The summed E-state index contributed by atoms with van der Waals surface area (Å²) in [6.07, 6.45) is -2.02. The first-order valence-corrected chi connectivity index (χ1v) is 10.9. The van der Waals surface area contributed by atoms with Crippen molar-refractivity contribution in [3.8, 4) is 11.1 Å². The minimum Gasteiger partial charge on any atom is -0.367 e. The number of benzene rings is 1. The van der Waals surface area contributed by atoms with Crippen LogP contribution in [0.4, 0.5) is 33.3 Å². The lowest BCUT2D eigenvalue weighted by Gasteiger charge is -2.35. The molecule has 2 aromatic heterocycles. The lowest BCUT2D eigenvalue weighted by atomic mass is 10.0. The van der Waals surface area contributed by atoms with E-state index in [1.807, 2.05) is 11.9 Å². The molecule has 8 nitrogen and oxygen atoms in total. The van der Waals surface area contributed by atoms with Crippen LogP contribution in [-0.4, -0.2) is 46.5 Å². The lowest BCUT2D eigenvalue weighted by Crippen LogP contribution is -2.49. The number of aromatic amines is 1. The highest BCUT2D eigenvalue weighted by Gasteiger charge is 2.36. The van der Waals surface area contributed by atoms with Crippen LogP contribution in [0.3, 0.4) is 0 Å². The van der Waals surface area contributed by atoms with E-state index < -0.39 is 51.7 Å². The molecule has 1 aliphatic rings. The maximum Gasteiger partial charge on any atom is 0.417 e. The lowest BCUT2D eigenvalue weighted by molar-refractivity contribution is -0.138. The van der Waals surface area contributed by atoms with Crippen LogP contribution in [0.5, 0.6) is 0 Å². The number of nitrogens with zero attached hydrogens (tertiary/aromatic N) is 3. The van der Waals surface area contributed by atoms with Crippen molar-refractivity contribution in [2.24, 2.45) is 0 Å². The Bertz CT molecular complexity index is 1360. The fourth-order valence-electron chi connectivity index (χ4n) is 3.99. The molecule has 0 spiro atoms. The summed E-state index contributed by atoms with van der Waals surface area (Å²) in [7, 11) is 0. The molecule has 1 aliphatic heterocycles. The molecule has 1 atom stereocenters. The number of nitrogens with one attached hydrogen (secondary N) is 3. The summed E-state index contributed by atoms with van der Waals surface area (Å²) in [5.41, 5.74) is -4.60. The number of rotatable bonds is 4. The number of hydrogen-bond acceptors (Lipinski definition) is 6. The van der Waals surface area contributed by atoms with Gasteiger partial charge in [0, 0.05) is 62.0 Å². The molecule has 1 amide bonds. The number of halogens is 5. The Morgan fingerprint density at radius 2 is 1.89 bits per heavy atom. The first-order chi connectivity index (χ1) is 17.0. The minimum absolute atomic E-state index is 0.0219. The number of carbonyl (C=O) groups excluding carboxylic acids is 1. The minimum atomic E-state index is -5.02. The van der Waals surface area contributed by atoms with Gasteiger partial charge in [0.2, 0.25) is 5.56 Å². The molecular weight excluding hydrogens is 487 g/mol. The number of amides is 1. The second kappa shape index (κ2) is 9.64. The van der Waals surface area contributed by atoms with Crippen molar-refractivity contribution in [2.45, 2.75) is 26.1 Å². The zero-order chi connectivity index (χ0) is 26.2.